The Morgan fingerprint density at radius 2 is 2.00 bits per heavy atom. The maximum absolute atomic E-state index is 11.8. The van der Waals surface area contributed by atoms with Crippen LogP contribution in [-0.4, -0.2) is 49.3 Å². The Hall–Kier alpha value is -1.59. The smallest absolute Gasteiger partial charge is 0.325 e. The van der Waals surface area contributed by atoms with E-state index in [1.807, 2.05) is 30.9 Å². The molecule has 1 saturated heterocycles. The van der Waals surface area contributed by atoms with E-state index in [1.165, 1.54) is 0 Å². The number of nitrogens with zero attached hydrogens (tertiary/aromatic N) is 1. The summed E-state index contributed by atoms with van der Waals surface area (Å²) < 4.78 is 5.45. The maximum atomic E-state index is 11.8. The van der Waals surface area contributed by atoms with Gasteiger partial charge in [0, 0.05) is 31.7 Å². The van der Waals surface area contributed by atoms with Crippen LogP contribution in [-0.2, 0) is 4.79 Å². The first-order chi connectivity index (χ1) is 9.54. The van der Waals surface area contributed by atoms with Gasteiger partial charge in [0.15, 0.2) is 0 Å². The molecular formula is C15H22N2O3. The highest BCUT2D eigenvalue weighted by atomic mass is 16.5. The molecule has 5 heteroatoms. The second kappa shape index (κ2) is 6.24. The molecule has 0 radical (unpaired) electrons. The maximum Gasteiger partial charge on any atom is 0.325 e. The fraction of sp³-hybridized carbons (Fsp3) is 0.533. The van der Waals surface area contributed by atoms with Crippen molar-refractivity contribution in [3.05, 3.63) is 28.8 Å². The van der Waals surface area contributed by atoms with E-state index >= 15 is 0 Å². The molecule has 20 heavy (non-hydrogen) atoms. The summed E-state index contributed by atoms with van der Waals surface area (Å²) >= 11 is 0. The molecule has 1 fully saturated rings. The summed E-state index contributed by atoms with van der Waals surface area (Å²) in [6.45, 7) is 7.02. The molecule has 1 aliphatic heterocycles. The van der Waals surface area contributed by atoms with Gasteiger partial charge in [0.1, 0.15) is 11.8 Å². The summed E-state index contributed by atoms with van der Waals surface area (Å²) in [5.41, 5.74) is 2.78. The molecule has 0 bridgehead atoms. The van der Waals surface area contributed by atoms with Gasteiger partial charge in [-0.1, -0.05) is 17.7 Å². The molecule has 2 rings (SSSR count). The Morgan fingerprint density at radius 3 is 2.55 bits per heavy atom. The number of carbonyl (C=O) groups is 1. The summed E-state index contributed by atoms with van der Waals surface area (Å²) in [4.78, 5) is 13.8. The molecule has 1 unspecified atom stereocenters. The molecule has 0 amide bonds. The lowest BCUT2D eigenvalue weighted by atomic mass is 9.98. The number of rotatable bonds is 4. The van der Waals surface area contributed by atoms with Crippen molar-refractivity contribution in [3.63, 3.8) is 0 Å². The number of aryl methyl sites for hydroxylation is 2. The summed E-state index contributed by atoms with van der Waals surface area (Å²) in [5.74, 6) is -0.142. The van der Waals surface area contributed by atoms with Crippen molar-refractivity contribution in [1.82, 2.24) is 10.2 Å². The lowest BCUT2D eigenvalue weighted by Crippen LogP contribution is -2.47. The molecule has 1 aromatic carbocycles. The Morgan fingerprint density at radius 1 is 1.35 bits per heavy atom. The first kappa shape index (κ1) is 14.8. The SMILES string of the molecule is COc1c(C)cc(C)cc1C(C(=O)O)N1CCNCC1. The Kier molecular flexibility index (Phi) is 4.62. The van der Waals surface area contributed by atoms with Crippen molar-refractivity contribution in [3.8, 4) is 5.75 Å². The molecule has 0 spiro atoms. The largest absolute Gasteiger partial charge is 0.496 e. The Balaban J connectivity index is 2.45. The first-order valence-electron chi connectivity index (χ1n) is 6.87. The molecule has 0 saturated carbocycles. The molecule has 1 atom stereocenters. The standard InChI is InChI=1S/C15H22N2O3/c1-10-8-11(2)14(20-3)12(9-10)13(15(18)19)17-6-4-16-5-7-17/h8-9,13,16H,4-7H2,1-3H3,(H,18,19). The van der Waals surface area contributed by atoms with Gasteiger partial charge in [-0.3, -0.25) is 9.69 Å². The van der Waals surface area contributed by atoms with Gasteiger partial charge in [0.2, 0.25) is 0 Å². The van der Waals surface area contributed by atoms with Gasteiger partial charge in [0.25, 0.3) is 0 Å². The molecule has 1 aliphatic rings. The lowest BCUT2D eigenvalue weighted by Gasteiger charge is -2.33. The summed E-state index contributed by atoms with van der Waals surface area (Å²) in [5, 5.41) is 12.9. The van der Waals surface area contributed by atoms with E-state index in [9.17, 15) is 9.90 Å². The lowest BCUT2D eigenvalue weighted by molar-refractivity contribution is -0.144. The molecule has 1 aromatic rings. The molecule has 5 nitrogen and oxygen atoms in total. The predicted molar refractivity (Wildman–Crippen MR) is 77.3 cm³/mol. The number of benzene rings is 1. The van der Waals surface area contributed by atoms with E-state index < -0.39 is 12.0 Å². The quantitative estimate of drug-likeness (QED) is 0.870. The van der Waals surface area contributed by atoms with Crippen LogP contribution in [0.5, 0.6) is 5.75 Å². The minimum Gasteiger partial charge on any atom is -0.496 e. The fourth-order valence-electron chi connectivity index (χ4n) is 2.90. The molecule has 110 valence electrons. The highest BCUT2D eigenvalue weighted by molar-refractivity contribution is 5.77. The zero-order valence-electron chi connectivity index (χ0n) is 12.3. The van der Waals surface area contributed by atoms with Crippen LogP contribution in [0.3, 0.4) is 0 Å². The highest BCUT2D eigenvalue weighted by Crippen LogP contribution is 2.33. The number of ether oxygens (including phenoxy) is 1. The van der Waals surface area contributed by atoms with Crippen LogP contribution in [0.2, 0.25) is 0 Å². The number of carboxylic acids is 1. The molecule has 0 aromatic heterocycles. The van der Waals surface area contributed by atoms with Crippen molar-refractivity contribution in [2.24, 2.45) is 0 Å². The van der Waals surface area contributed by atoms with Gasteiger partial charge in [0.05, 0.1) is 7.11 Å². The monoisotopic (exact) mass is 278 g/mol. The third-order valence-corrected chi connectivity index (χ3v) is 3.70. The topological polar surface area (TPSA) is 61.8 Å². The minimum atomic E-state index is -0.824. The minimum absolute atomic E-state index is 0.648. The second-order valence-electron chi connectivity index (χ2n) is 5.23. The third kappa shape index (κ3) is 2.94. The normalized spacial score (nSPS) is 17.8. The fourth-order valence-corrected chi connectivity index (χ4v) is 2.90. The summed E-state index contributed by atoms with van der Waals surface area (Å²) in [6, 6.07) is 3.29. The zero-order chi connectivity index (χ0) is 14.7. The number of hydrogen-bond donors (Lipinski definition) is 2. The zero-order valence-corrected chi connectivity index (χ0v) is 12.3. The highest BCUT2D eigenvalue weighted by Gasteiger charge is 2.31. The number of carboxylic acid groups (broad SMARTS) is 1. The van der Waals surface area contributed by atoms with E-state index in [4.69, 9.17) is 4.74 Å². The Bertz CT molecular complexity index is 496. The van der Waals surface area contributed by atoms with Gasteiger partial charge in [-0.25, -0.2) is 0 Å². The molecule has 2 N–H and O–H groups in total. The summed E-state index contributed by atoms with van der Waals surface area (Å²) in [6.07, 6.45) is 0. The molecular weight excluding hydrogens is 256 g/mol. The number of piperazine rings is 1. The summed E-state index contributed by atoms with van der Waals surface area (Å²) in [7, 11) is 1.60. The van der Waals surface area contributed by atoms with Crippen LogP contribution < -0.4 is 10.1 Å². The average molecular weight is 278 g/mol. The van der Waals surface area contributed by atoms with Crippen LogP contribution in [0.25, 0.3) is 0 Å². The third-order valence-electron chi connectivity index (χ3n) is 3.70. The van der Waals surface area contributed by atoms with E-state index in [1.54, 1.807) is 7.11 Å². The molecule has 1 heterocycles. The number of aliphatic carboxylic acids is 1. The van der Waals surface area contributed by atoms with Crippen LogP contribution in [0.4, 0.5) is 0 Å². The number of nitrogens with one attached hydrogen (secondary N) is 1. The van der Waals surface area contributed by atoms with Gasteiger partial charge in [-0.05, 0) is 19.4 Å². The van der Waals surface area contributed by atoms with Crippen molar-refractivity contribution >= 4 is 5.97 Å². The average Bonchev–Trinajstić information content (AvgIpc) is 2.39. The van der Waals surface area contributed by atoms with Gasteiger partial charge in [-0.2, -0.15) is 0 Å². The van der Waals surface area contributed by atoms with E-state index in [2.05, 4.69) is 5.32 Å². The van der Waals surface area contributed by atoms with E-state index in [0.717, 1.165) is 42.9 Å². The number of hydrogen-bond acceptors (Lipinski definition) is 4. The molecule has 0 aliphatic carbocycles. The van der Waals surface area contributed by atoms with Crippen molar-refractivity contribution < 1.29 is 14.6 Å². The van der Waals surface area contributed by atoms with Gasteiger partial charge in [-0.15, -0.1) is 0 Å². The van der Waals surface area contributed by atoms with Crippen LogP contribution in [0, 0.1) is 13.8 Å². The number of methoxy groups -OCH3 is 1. The van der Waals surface area contributed by atoms with Crippen molar-refractivity contribution in [1.29, 1.82) is 0 Å². The predicted octanol–water partition coefficient (Wildman–Crippen LogP) is 1.34. The van der Waals surface area contributed by atoms with E-state index in [0.29, 0.717) is 5.75 Å². The first-order valence-corrected chi connectivity index (χ1v) is 6.87. The van der Waals surface area contributed by atoms with Crippen LogP contribution in [0.1, 0.15) is 22.7 Å². The van der Waals surface area contributed by atoms with Gasteiger partial charge < -0.3 is 15.2 Å². The van der Waals surface area contributed by atoms with Crippen LogP contribution >= 0.6 is 0 Å². The Labute approximate surface area is 119 Å². The van der Waals surface area contributed by atoms with E-state index in [-0.39, 0.29) is 0 Å². The van der Waals surface area contributed by atoms with Crippen molar-refractivity contribution in [2.75, 3.05) is 33.3 Å². The van der Waals surface area contributed by atoms with Gasteiger partial charge >= 0.3 is 5.97 Å². The van der Waals surface area contributed by atoms with Crippen LogP contribution in [0.15, 0.2) is 12.1 Å². The second-order valence-corrected chi connectivity index (χ2v) is 5.23. The van der Waals surface area contributed by atoms with Crippen molar-refractivity contribution in [2.45, 2.75) is 19.9 Å².